The molecule has 2 aliphatic heterocycles. The Morgan fingerprint density at radius 2 is 1.92 bits per heavy atom. The molecule has 1 aromatic rings. The van der Waals surface area contributed by atoms with Crippen LogP contribution in [0.4, 0.5) is 0 Å². The SMILES string of the molecule is C[C@@H]1CCCCN1C(=O)CN1CCN(C(=O)c2ccc(Br)s2)CC1. The molecule has 0 bridgehead atoms. The second-order valence-corrected chi connectivity index (χ2v) is 9.07. The number of amides is 2. The lowest BCUT2D eigenvalue weighted by Gasteiger charge is -2.38. The van der Waals surface area contributed by atoms with Gasteiger partial charge in [-0.15, -0.1) is 11.3 Å². The summed E-state index contributed by atoms with van der Waals surface area (Å²) < 4.78 is 0.978. The number of rotatable bonds is 3. The monoisotopic (exact) mass is 413 g/mol. The summed E-state index contributed by atoms with van der Waals surface area (Å²) in [5.74, 6) is 0.338. The molecule has 24 heavy (non-hydrogen) atoms. The van der Waals surface area contributed by atoms with Crippen LogP contribution in [0.5, 0.6) is 0 Å². The van der Waals surface area contributed by atoms with Gasteiger partial charge in [0, 0.05) is 38.8 Å². The highest BCUT2D eigenvalue weighted by atomic mass is 79.9. The third kappa shape index (κ3) is 4.18. The van der Waals surface area contributed by atoms with Gasteiger partial charge in [0.05, 0.1) is 15.2 Å². The number of hydrogen-bond acceptors (Lipinski definition) is 4. The third-order valence-corrected chi connectivity index (χ3v) is 6.54. The van der Waals surface area contributed by atoms with Crippen LogP contribution in [0.1, 0.15) is 35.9 Å². The highest BCUT2D eigenvalue weighted by Crippen LogP contribution is 2.24. The molecular formula is C17H24BrN3O2S. The first kappa shape index (κ1) is 17.9. The summed E-state index contributed by atoms with van der Waals surface area (Å²) >= 11 is 4.87. The van der Waals surface area contributed by atoms with Crippen molar-refractivity contribution in [1.29, 1.82) is 0 Å². The fraction of sp³-hybridized carbons (Fsp3) is 0.647. The molecule has 132 valence electrons. The zero-order valence-electron chi connectivity index (χ0n) is 14.0. The van der Waals surface area contributed by atoms with Crippen molar-refractivity contribution in [3.8, 4) is 0 Å². The quantitative estimate of drug-likeness (QED) is 0.764. The fourth-order valence-electron chi connectivity index (χ4n) is 3.44. The van der Waals surface area contributed by atoms with Crippen LogP contribution in [-0.2, 0) is 4.79 Å². The van der Waals surface area contributed by atoms with Gasteiger partial charge in [0.2, 0.25) is 5.91 Å². The second-order valence-electron chi connectivity index (χ2n) is 6.60. The second kappa shape index (κ2) is 7.97. The van der Waals surface area contributed by atoms with Crippen LogP contribution >= 0.6 is 27.3 Å². The van der Waals surface area contributed by atoms with Crippen molar-refractivity contribution in [2.45, 2.75) is 32.2 Å². The van der Waals surface area contributed by atoms with Crippen LogP contribution in [0.3, 0.4) is 0 Å². The van der Waals surface area contributed by atoms with E-state index >= 15 is 0 Å². The number of carbonyl (C=O) groups is 2. The third-order valence-electron chi connectivity index (χ3n) is 4.93. The molecule has 5 nitrogen and oxygen atoms in total. The Balaban J connectivity index is 1.48. The van der Waals surface area contributed by atoms with Crippen LogP contribution in [-0.4, -0.2) is 71.8 Å². The highest BCUT2D eigenvalue weighted by molar-refractivity contribution is 9.11. The van der Waals surface area contributed by atoms with Gasteiger partial charge in [0.1, 0.15) is 0 Å². The molecule has 2 fully saturated rings. The van der Waals surface area contributed by atoms with E-state index in [1.165, 1.54) is 17.8 Å². The standard InChI is InChI=1S/C17H24BrN3O2S/c1-13-4-2-3-7-21(13)16(22)12-19-8-10-20(11-9-19)17(23)14-5-6-15(18)24-14/h5-6,13H,2-4,7-12H2,1H3/t13-/m1/s1. The number of nitrogens with zero attached hydrogens (tertiary/aromatic N) is 3. The molecule has 2 saturated heterocycles. The summed E-state index contributed by atoms with van der Waals surface area (Å²) in [5.41, 5.74) is 0. The first-order valence-electron chi connectivity index (χ1n) is 8.61. The molecule has 0 unspecified atom stereocenters. The lowest BCUT2D eigenvalue weighted by atomic mass is 10.0. The predicted molar refractivity (Wildman–Crippen MR) is 99.4 cm³/mol. The summed E-state index contributed by atoms with van der Waals surface area (Å²) in [7, 11) is 0. The molecule has 3 rings (SSSR count). The number of carbonyl (C=O) groups excluding carboxylic acids is 2. The van der Waals surface area contributed by atoms with Crippen molar-refractivity contribution in [2.75, 3.05) is 39.3 Å². The molecule has 2 amide bonds. The molecule has 0 N–H and O–H groups in total. The van der Waals surface area contributed by atoms with Crippen molar-refractivity contribution < 1.29 is 9.59 Å². The predicted octanol–water partition coefficient (Wildman–Crippen LogP) is 2.67. The van der Waals surface area contributed by atoms with Crippen molar-refractivity contribution in [2.24, 2.45) is 0 Å². The van der Waals surface area contributed by atoms with Crippen molar-refractivity contribution >= 4 is 39.1 Å². The number of thiophene rings is 1. The average molecular weight is 414 g/mol. The smallest absolute Gasteiger partial charge is 0.264 e. The fourth-order valence-corrected chi connectivity index (χ4v) is 4.80. The number of piperazine rings is 1. The van der Waals surface area contributed by atoms with Gasteiger partial charge in [0.15, 0.2) is 0 Å². The Labute approximate surface area is 155 Å². The number of halogens is 1. The minimum absolute atomic E-state index is 0.0985. The van der Waals surface area contributed by atoms with Crippen LogP contribution in [0.15, 0.2) is 15.9 Å². The van der Waals surface area contributed by atoms with Gasteiger partial charge < -0.3 is 9.80 Å². The molecule has 0 aliphatic carbocycles. The molecule has 0 radical (unpaired) electrons. The molecule has 0 saturated carbocycles. The van der Waals surface area contributed by atoms with Crippen LogP contribution in [0, 0.1) is 0 Å². The van der Waals surface area contributed by atoms with Crippen molar-refractivity contribution in [1.82, 2.24) is 14.7 Å². The Kier molecular flexibility index (Phi) is 5.94. The molecule has 7 heteroatoms. The molecule has 1 aromatic heterocycles. The number of piperidine rings is 1. The Morgan fingerprint density at radius 3 is 2.54 bits per heavy atom. The van der Waals surface area contributed by atoms with Gasteiger partial charge in [-0.3, -0.25) is 14.5 Å². The summed E-state index contributed by atoms with van der Waals surface area (Å²) in [5, 5.41) is 0. The Hall–Kier alpha value is -0.920. The minimum Gasteiger partial charge on any atom is -0.339 e. The van der Waals surface area contributed by atoms with Gasteiger partial charge >= 0.3 is 0 Å². The van der Waals surface area contributed by atoms with Gasteiger partial charge in [0.25, 0.3) is 5.91 Å². The van der Waals surface area contributed by atoms with E-state index in [0.29, 0.717) is 25.7 Å². The number of likely N-dealkylation sites (tertiary alicyclic amines) is 1. The molecule has 0 spiro atoms. The van der Waals surface area contributed by atoms with E-state index in [1.807, 2.05) is 21.9 Å². The Morgan fingerprint density at radius 1 is 1.17 bits per heavy atom. The number of hydrogen-bond donors (Lipinski definition) is 0. The summed E-state index contributed by atoms with van der Waals surface area (Å²) in [6.07, 6.45) is 3.46. The molecule has 3 heterocycles. The molecular weight excluding hydrogens is 390 g/mol. The van der Waals surface area contributed by atoms with E-state index in [1.54, 1.807) is 0 Å². The van der Waals surface area contributed by atoms with E-state index < -0.39 is 0 Å². The highest BCUT2D eigenvalue weighted by Gasteiger charge is 2.27. The van der Waals surface area contributed by atoms with E-state index in [0.717, 1.165) is 41.1 Å². The van der Waals surface area contributed by atoms with Gasteiger partial charge in [-0.1, -0.05) is 0 Å². The normalized spacial score (nSPS) is 22.7. The van der Waals surface area contributed by atoms with Gasteiger partial charge in [-0.2, -0.15) is 0 Å². The topological polar surface area (TPSA) is 43.9 Å². The maximum Gasteiger partial charge on any atom is 0.264 e. The van der Waals surface area contributed by atoms with Crippen molar-refractivity contribution in [3.63, 3.8) is 0 Å². The zero-order valence-corrected chi connectivity index (χ0v) is 16.4. The Bertz CT molecular complexity index is 598. The molecule has 2 aliphatic rings. The van der Waals surface area contributed by atoms with Gasteiger partial charge in [-0.05, 0) is 54.2 Å². The summed E-state index contributed by atoms with van der Waals surface area (Å²) in [6, 6.07) is 4.14. The minimum atomic E-state index is 0.0985. The summed E-state index contributed by atoms with van der Waals surface area (Å²) in [4.78, 5) is 31.8. The van der Waals surface area contributed by atoms with Gasteiger partial charge in [-0.25, -0.2) is 0 Å². The molecule has 0 aromatic carbocycles. The van der Waals surface area contributed by atoms with Crippen LogP contribution < -0.4 is 0 Å². The maximum atomic E-state index is 12.5. The zero-order chi connectivity index (χ0) is 17.1. The van der Waals surface area contributed by atoms with E-state index in [9.17, 15) is 9.59 Å². The van der Waals surface area contributed by atoms with E-state index in [2.05, 4.69) is 27.8 Å². The van der Waals surface area contributed by atoms with E-state index in [-0.39, 0.29) is 11.8 Å². The van der Waals surface area contributed by atoms with Crippen LogP contribution in [0.25, 0.3) is 0 Å². The average Bonchev–Trinajstić information content (AvgIpc) is 3.02. The lowest BCUT2D eigenvalue weighted by molar-refractivity contribution is -0.136. The first-order chi connectivity index (χ1) is 11.5. The lowest BCUT2D eigenvalue weighted by Crippen LogP contribution is -2.53. The summed E-state index contributed by atoms with van der Waals surface area (Å²) in [6.45, 7) is 6.45. The van der Waals surface area contributed by atoms with E-state index in [4.69, 9.17) is 0 Å². The maximum absolute atomic E-state index is 12.5. The first-order valence-corrected chi connectivity index (χ1v) is 10.2. The van der Waals surface area contributed by atoms with Crippen molar-refractivity contribution in [3.05, 3.63) is 20.8 Å². The largest absolute Gasteiger partial charge is 0.339 e. The molecule has 1 atom stereocenters. The van der Waals surface area contributed by atoms with Crippen LogP contribution in [0.2, 0.25) is 0 Å².